The number of aryl methyl sites for hydroxylation is 1. The third-order valence-corrected chi connectivity index (χ3v) is 3.73. The van der Waals surface area contributed by atoms with Crippen molar-refractivity contribution in [2.75, 3.05) is 0 Å². The first-order valence-corrected chi connectivity index (χ1v) is 6.95. The monoisotopic (exact) mass is 278 g/mol. The Morgan fingerprint density at radius 1 is 0.905 bits per heavy atom. The number of hydrazine groups is 1. The molecule has 2 aromatic carbocycles. The summed E-state index contributed by atoms with van der Waals surface area (Å²) in [4.78, 5) is 0. The van der Waals surface area contributed by atoms with E-state index in [1.807, 2.05) is 31.2 Å². The number of benzene rings is 2. The van der Waals surface area contributed by atoms with Crippen LogP contribution in [0.15, 0.2) is 71.3 Å². The number of hydrogen-bond donors (Lipinski definition) is 2. The molecule has 0 aliphatic heterocycles. The van der Waals surface area contributed by atoms with E-state index in [1.54, 1.807) is 6.26 Å². The molecule has 1 atom stereocenters. The normalized spacial score (nSPS) is 12.3. The van der Waals surface area contributed by atoms with Gasteiger partial charge < -0.3 is 4.42 Å². The largest absolute Gasteiger partial charge is 0.469 e. The lowest BCUT2D eigenvalue weighted by Crippen LogP contribution is -2.28. The summed E-state index contributed by atoms with van der Waals surface area (Å²) in [6.07, 6.45) is 1.69. The first kappa shape index (κ1) is 13.6. The van der Waals surface area contributed by atoms with Crippen LogP contribution < -0.4 is 11.3 Å². The lowest BCUT2D eigenvalue weighted by Gasteiger charge is -2.16. The average Bonchev–Trinajstić information content (AvgIpc) is 2.96. The molecule has 0 aliphatic carbocycles. The summed E-state index contributed by atoms with van der Waals surface area (Å²) in [5.41, 5.74) is 7.44. The molecule has 106 valence electrons. The molecule has 1 heterocycles. The van der Waals surface area contributed by atoms with Crippen LogP contribution in [0.5, 0.6) is 0 Å². The topological polar surface area (TPSA) is 51.2 Å². The molecule has 3 heteroatoms. The maximum atomic E-state index is 5.72. The maximum Gasteiger partial charge on any atom is 0.105 e. The Hall–Kier alpha value is -2.36. The quantitative estimate of drug-likeness (QED) is 0.563. The van der Waals surface area contributed by atoms with Crippen LogP contribution in [0, 0.1) is 6.92 Å². The Morgan fingerprint density at radius 2 is 1.57 bits per heavy atom. The summed E-state index contributed by atoms with van der Waals surface area (Å²) in [5, 5.41) is 0. The summed E-state index contributed by atoms with van der Waals surface area (Å²) in [5.74, 6) is 6.60. The fourth-order valence-corrected chi connectivity index (χ4v) is 2.56. The van der Waals surface area contributed by atoms with Gasteiger partial charge in [-0.3, -0.25) is 5.84 Å². The van der Waals surface area contributed by atoms with E-state index in [0.717, 1.165) is 16.9 Å². The fraction of sp³-hybridized carbons (Fsp3) is 0.111. The summed E-state index contributed by atoms with van der Waals surface area (Å²) in [7, 11) is 0. The van der Waals surface area contributed by atoms with E-state index in [-0.39, 0.29) is 6.04 Å². The second kappa shape index (κ2) is 5.95. The molecular weight excluding hydrogens is 260 g/mol. The van der Waals surface area contributed by atoms with Crippen LogP contribution in [0.1, 0.15) is 22.9 Å². The molecule has 0 radical (unpaired) electrons. The fourth-order valence-electron chi connectivity index (χ4n) is 2.56. The lowest BCUT2D eigenvalue weighted by atomic mass is 9.97. The molecule has 3 N–H and O–H groups in total. The number of hydrogen-bond acceptors (Lipinski definition) is 3. The minimum Gasteiger partial charge on any atom is -0.469 e. The second-order valence-corrected chi connectivity index (χ2v) is 5.02. The Labute approximate surface area is 124 Å². The number of nitrogens with one attached hydrogen (secondary N) is 1. The number of nitrogens with two attached hydrogens (primary N) is 1. The number of furan rings is 1. The van der Waals surface area contributed by atoms with Crippen LogP contribution in [-0.2, 0) is 0 Å². The third kappa shape index (κ3) is 2.75. The molecular formula is C18H18N2O. The predicted octanol–water partition coefficient (Wildman–Crippen LogP) is 3.81. The maximum absolute atomic E-state index is 5.72. The zero-order valence-corrected chi connectivity index (χ0v) is 11.9. The SMILES string of the molecule is Cc1occc1C(NN)c1ccc(-c2ccccc2)cc1. The van der Waals surface area contributed by atoms with Crippen LogP contribution in [0.3, 0.4) is 0 Å². The van der Waals surface area contributed by atoms with Gasteiger partial charge in [0.25, 0.3) is 0 Å². The van der Waals surface area contributed by atoms with Crippen molar-refractivity contribution in [3.8, 4) is 11.1 Å². The van der Waals surface area contributed by atoms with Crippen molar-refractivity contribution in [2.24, 2.45) is 5.84 Å². The van der Waals surface area contributed by atoms with Crippen LogP contribution in [0.25, 0.3) is 11.1 Å². The van der Waals surface area contributed by atoms with Gasteiger partial charge in [-0.05, 0) is 29.7 Å². The van der Waals surface area contributed by atoms with Crippen molar-refractivity contribution in [1.82, 2.24) is 5.43 Å². The second-order valence-electron chi connectivity index (χ2n) is 5.02. The van der Waals surface area contributed by atoms with Gasteiger partial charge in [-0.15, -0.1) is 0 Å². The lowest BCUT2D eigenvalue weighted by molar-refractivity contribution is 0.520. The molecule has 21 heavy (non-hydrogen) atoms. The van der Waals surface area contributed by atoms with E-state index in [1.165, 1.54) is 11.1 Å². The third-order valence-electron chi connectivity index (χ3n) is 3.73. The van der Waals surface area contributed by atoms with E-state index < -0.39 is 0 Å². The Kier molecular flexibility index (Phi) is 3.86. The highest BCUT2D eigenvalue weighted by Crippen LogP contribution is 2.27. The molecule has 3 aromatic rings. The van der Waals surface area contributed by atoms with Crippen molar-refractivity contribution in [2.45, 2.75) is 13.0 Å². The minimum absolute atomic E-state index is 0.0615. The highest BCUT2D eigenvalue weighted by Gasteiger charge is 2.16. The molecule has 1 unspecified atom stereocenters. The Morgan fingerprint density at radius 3 is 2.14 bits per heavy atom. The van der Waals surface area contributed by atoms with Crippen molar-refractivity contribution in [1.29, 1.82) is 0 Å². The van der Waals surface area contributed by atoms with Crippen molar-refractivity contribution < 1.29 is 4.42 Å². The molecule has 0 bridgehead atoms. The summed E-state index contributed by atoms with van der Waals surface area (Å²) < 4.78 is 5.37. The van der Waals surface area contributed by atoms with Crippen LogP contribution >= 0.6 is 0 Å². The van der Waals surface area contributed by atoms with Gasteiger partial charge in [0, 0.05) is 5.56 Å². The van der Waals surface area contributed by atoms with Gasteiger partial charge in [0.1, 0.15) is 5.76 Å². The average molecular weight is 278 g/mol. The summed E-state index contributed by atoms with van der Waals surface area (Å²) >= 11 is 0. The first-order chi connectivity index (χ1) is 10.3. The predicted molar refractivity (Wildman–Crippen MR) is 84.5 cm³/mol. The van der Waals surface area contributed by atoms with Crippen molar-refractivity contribution >= 4 is 0 Å². The van der Waals surface area contributed by atoms with Gasteiger partial charge >= 0.3 is 0 Å². The van der Waals surface area contributed by atoms with E-state index in [2.05, 4.69) is 41.8 Å². The van der Waals surface area contributed by atoms with Crippen molar-refractivity contribution in [3.05, 3.63) is 83.8 Å². The number of rotatable bonds is 4. The van der Waals surface area contributed by atoms with Gasteiger partial charge in [0.05, 0.1) is 12.3 Å². The molecule has 1 aromatic heterocycles. The summed E-state index contributed by atoms with van der Waals surface area (Å²) in [6.45, 7) is 1.94. The highest BCUT2D eigenvalue weighted by atomic mass is 16.3. The van der Waals surface area contributed by atoms with Crippen LogP contribution in [0.4, 0.5) is 0 Å². The van der Waals surface area contributed by atoms with Crippen LogP contribution in [-0.4, -0.2) is 0 Å². The smallest absolute Gasteiger partial charge is 0.105 e. The van der Waals surface area contributed by atoms with E-state index in [0.29, 0.717) is 0 Å². The van der Waals surface area contributed by atoms with E-state index >= 15 is 0 Å². The standard InChI is InChI=1S/C18H18N2O/c1-13-17(11-12-21-13)18(20-19)16-9-7-15(8-10-16)14-5-3-2-4-6-14/h2-12,18,20H,19H2,1H3. The molecule has 0 saturated carbocycles. The summed E-state index contributed by atoms with van der Waals surface area (Å²) in [6, 6.07) is 20.6. The molecule has 0 amide bonds. The zero-order chi connectivity index (χ0) is 14.7. The van der Waals surface area contributed by atoms with Gasteiger partial charge in [-0.2, -0.15) is 0 Å². The Bertz CT molecular complexity index is 702. The minimum atomic E-state index is -0.0615. The van der Waals surface area contributed by atoms with Gasteiger partial charge in [-0.25, -0.2) is 5.43 Å². The Balaban J connectivity index is 1.91. The van der Waals surface area contributed by atoms with Gasteiger partial charge in [0.15, 0.2) is 0 Å². The molecule has 0 saturated heterocycles. The van der Waals surface area contributed by atoms with Crippen molar-refractivity contribution in [3.63, 3.8) is 0 Å². The van der Waals surface area contributed by atoms with E-state index in [4.69, 9.17) is 10.3 Å². The molecule has 3 nitrogen and oxygen atoms in total. The molecule has 0 spiro atoms. The zero-order valence-electron chi connectivity index (χ0n) is 11.9. The van der Waals surface area contributed by atoms with Gasteiger partial charge in [0.2, 0.25) is 0 Å². The highest BCUT2D eigenvalue weighted by molar-refractivity contribution is 5.63. The molecule has 3 rings (SSSR count). The van der Waals surface area contributed by atoms with Crippen LogP contribution in [0.2, 0.25) is 0 Å². The first-order valence-electron chi connectivity index (χ1n) is 6.95. The molecule has 0 aliphatic rings. The van der Waals surface area contributed by atoms with Gasteiger partial charge in [-0.1, -0.05) is 54.6 Å². The molecule has 0 fully saturated rings. The van der Waals surface area contributed by atoms with E-state index in [9.17, 15) is 0 Å².